The molecule has 35 heavy (non-hydrogen) atoms. The summed E-state index contributed by atoms with van der Waals surface area (Å²) >= 11 is 0. The molecule has 0 bridgehead atoms. The number of urea groups is 1. The highest BCUT2D eigenvalue weighted by Gasteiger charge is 2.47. The summed E-state index contributed by atoms with van der Waals surface area (Å²) in [6.07, 6.45) is -0.518. The van der Waals surface area contributed by atoms with Crippen LogP contribution in [0.2, 0.25) is 0 Å². The molecule has 1 saturated heterocycles. The van der Waals surface area contributed by atoms with E-state index in [1.807, 2.05) is 6.07 Å². The van der Waals surface area contributed by atoms with Crippen molar-refractivity contribution in [2.45, 2.75) is 25.8 Å². The number of hydrogen-bond donors (Lipinski definition) is 2. The first kappa shape index (κ1) is 23.6. The molecule has 3 aromatic rings. The Hall–Kier alpha value is -4.52. The van der Waals surface area contributed by atoms with Gasteiger partial charge in [-0.05, 0) is 38.1 Å². The van der Waals surface area contributed by atoms with Gasteiger partial charge in [0.05, 0.1) is 12.1 Å². The second-order valence-corrected chi connectivity index (χ2v) is 8.32. The van der Waals surface area contributed by atoms with Crippen molar-refractivity contribution in [3.8, 4) is 11.8 Å². The van der Waals surface area contributed by atoms with Crippen LogP contribution in [-0.2, 0) is 16.6 Å². The van der Waals surface area contributed by atoms with Crippen molar-refractivity contribution in [1.82, 2.24) is 15.1 Å². The number of anilines is 2. The maximum Gasteiger partial charge on any atom is 0.329 e. The van der Waals surface area contributed by atoms with Crippen LogP contribution in [0, 0.1) is 30.4 Å². The number of carbonyl (C=O) groups is 3. The number of imide groups is 1. The summed E-state index contributed by atoms with van der Waals surface area (Å²) in [6, 6.07) is 11.2. The summed E-state index contributed by atoms with van der Waals surface area (Å²) in [5, 5.41) is 9.12. The first-order valence-electron chi connectivity index (χ1n) is 10.6. The van der Waals surface area contributed by atoms with Gasteiger partial charge >= 0.3 is 6.03 Å². The lowest BCUT2D eigenvalue weighted by atomic mass is 9.93. The molecule has 1 aromatic heterocycles. The van der Waals surface area contributed by atoms with Gasteiger partial charge < -0.3 is 10.6 Å². The number of carbonyl (C=O) groups excluding carboxylic acids is 3. The summed E-state index contributed by atoms with van der Waals surface area (Å²) in [4.78, 5) is 38.9. The quantitative estimate of drug-likeness (QED) is 0.566. The molecule has 0 aliphatic carbocycles. The van der Waals surface area contributed by atoms with Crippen LogP contribution >= 0.6 is 0 Å². The van der Waals surface area contributed by atoms with Crippen molar-refractivity contribution in [3.63, 3.8) is 0 Å². The third kappa shape index (κ3) is 4.75. The molecule has 1 aliphatic heterocycles. The number of halogens is 2. The minimum atomic E-state index is -1.64. The van der Waals surface area contributed by atoms with E-state index in [9.17, 15) is 23.2 Å². The summed E-state index contributed by atoms with van der Waals surface area (Å²) in [5.74, 6) is 1.93. The Morgan fingerprint density at radius 1 is 1.09 bits per heavy atom. The maximum atomic E-state index is 14.9. The minimum absolute atomic E-state index is 0.0353. The molecule has 1 fully saturated rings. The van der Waals surface area contributed by atoms with Gasteiger partial charge in [0.1, 0.15) is 17.0 Å². The zero-order valence-corrected chi connectivity index (χ0v) is 19.1. The van der Waals surface area contributed by atoms with E-state index < -0.39 is 47.1 Å². The Morgan fingerprint density at radius 2 is 1.71 bits per heavy atom. The van der Waals surface area contributed by atoms with Gasteiger partial charge in [0.2, 0.25) is 5.91 Å². The van der Waals surface area contributed by atoms with E-state index in [2.05, 4.69) is 27.6 Å². The number of nitrogens with zero attached hydrogens (tertiary/aromatic N) is 3. The van der Waals surface area contributed by atoms with E-state index in [4.69, 9.17) is 0 Å². The lowest BCUT2D eigenvalue weighted by molar-refractivity contribution is -0.128. The van der Waals surface area contributed by atoms with Crippen LogP contribution in [0.3, 0.4) is 0 Å². The second-order valence-electron chi connectivity index (χ2n) is 8.32. The zero-order chi connectivity index (χ0) is 25.3. The van der Waals surface area contributed by atoms with Crippen molar-refractivity contribution in [1.29, 1.82) is 0 Å². The predicted octanol–water partition coefficient (Wildman–Crippen LogP) is 3.25. The number of rotatable bonds is 3. The Morgan fingerprint density at radius 3 is 2.29 bits per heavy atom. The Labute approximate surface area is 199 Å². The molecule has 1 unspecified atom stereocenters. The molecular weight excluding hydrogens is 456 g/mol. The number of benzene rings is 2. The van der Waals surface area contributed by atoms with Gasteiger partial charge in [0.25, 0.3) is 5.91 Å². The Bertz CT molecular complexity index is 1360. The predicted molar refractivity (Wildman–Crippen MR) is 124 cm³/mol. The number of nitrogens with one attached hydrogen (secondary N) is 2. The average Bonchev–Trinajstić information content (AvgIpc) is 3.10. The SMILES string of the molecule is Cc1cc(NC(=O)C2(C)CC(=O)N(c3c(F)cc(C#Cc4ccccc4)cc3F)C(=O)N2)n(C)n1. The molecule has 0 saturated carbocycles. The van der Waals surface area contributed by atoms with Crippen molar-refractivity contribution < 1.29 is 23.2 Å². The number of aryl methyl sites for hydroxylation is 2. The van der Waals surface area contributed by atoms with Crippen LogP contribution in [0.25, 0.3) is 0 Å². The van der Waals surface area contributed by atoms with Crippen molar-refractivity contribution in [2.75, 3.05) is 10.2 Å². The van der Waals surface area contributed by atoms with Crippen LogP contribution in [0.4, 0.5) is 25.1 Å². The minimum Gasteiger partial charge on any atom is -0.323 e. The van der Waals surface area contributed by atoms with Gasteiger partial charge in [-0.25, -0.2) is 18.5 Å². The van der Waals surface area contributed by atoms with E-state index in [1.54, 1.807) is 44.3 Å². The van der Waals surface area contributed by atoms with E-state index >= 15 is 0 Å². The third-order valence-corrected chi connectivity index (χ3v) is 5.45. The molecular formula is C25H21F2N5O3. The highest BCUT2D eigenvalue weighted by Crippen LogP contribution is 2.30. The first-order valence-corrected chi connectivity index (χ1v) is 10.6. The van der Waals surface area contributed by atoms with E-state index in [-0.39, 0.29) is 5.56 Å². The highest BCUT2D eigenvalue weighted by molar-refractivity contribution is 6.20. The summed E-state index contributed by atoms with van der Waals surface area (Å²) in [7, 11) is 1.62. The number of amides is 4. The van der Waals surface area contributed by atoms with Gasteiger partial charge in [-0.1, -0.05) is 30.0 Å². The molecule has 178 valence electrons. The van der Waals surface area contributed by atoms with Gasteiger partial charge in [0.15, 0.2) is 11.6 Å². The molecule has 1 atom stereocenters. The summed E-state index contributed by atoms with van der Waals surface area (Å²) < 4.78 is 31.2. The molecule has 2 aromatic carbocycles. The average molecular weight is 477 g/mol. The Balaban J connectivity index is 1.56. The molecule has 8 nitrogen and oxygen atoms in total. The normalized spacial score (nSPS) is 17.5. The maximum absolute atomic E-state index is 14.9. The smallest absolute Gasteiger partial charge is 0.323 e. The number of hydrogen-bond acceptors (Lipinski definition) is 4. The second kappa shape index (κ2) is 9.02. The largest absolute Gasteiger partial charge is 0.329 e. The molecule has 4 rings (SSSR count). The van der Waals surface area contributed by atoms with Gasteiger partial charge in [0, 0.05) is 24.2 Å². The molecule has 4 amide bonds. The van der Waals surface area contributed by atoms with Gasteiger partial charge in [-0.15, -0.1) is 0 Å². The van der Waals surface area contributed by atoms with Crippen molar-refractivity contribution in [2.24, 2.45) is 7.05 Å². The molecule has 2 N–H and O–H groups in total. The molecule has 2 heterocycles. The topological polar surface area (TPSA) is 96.3 Å². The van der Waals surface area contributed by atoms with Crippen molar-refractivity contribution >= 4 is 29.4 Å². The van der Waals surface area contributed by atoms with E-state index in [0.29, 0.717) is 22.0 Å². The third-order valence-electron chi connectivity index (χ3n) is 5.45. The number of aromatic nitrogens is 2. The highest BCUT2D eigenvalue weighted by atomic mass is 19.1. The fraction of sp³-hybridized carbons (Fsp3) is 0.200. The summed E-state index contributed by atoms with van der Waals surface area (Å²) in [5.41, 5.74) is -1.13. The van der Waals surface area contributed by atoms with Crippen LogP contribution in [0.15, 0.2) is 48.5 Å². The zero-order valence-electron chi connectivity index (χ0n) is 19.1. The van der Waals surface area contributed by atoms with Gasteiger partial charge in [-0.3, -0.25) is 14.3 Å². The van der Waals surface area contributed by atoms with Crippen LogP contribution in [0.1, 0.15) is 30.2 Å². The fourth-order valence-electron chi connectivity index (χ4n) is 3.69. The monoisotopic (exact) mass is 477 g/mol. The molecule has 1 aliphatic rings. The van der Waals surface area contributed by atoms with Gasteiger partial charge in [-0.2, -0.15) is 5.10 Å². The van der Waals surface area contributed by atoms with E-state index in [0.717, 1.165) is 12.1 Å². The summed E-state index contributed by atoms with van der Waals surface area (Å²) in [6.45, 7) is 3.09. The standard InChI is InChI=1S/C25H21F2N5O3/c1-15-11-20(31(3)30-15)28-23(34)25(2)14-21(33)32(24(35)29-25)22-18(26)12-17(13-19(22)27)10-9-16-7-5-4-6-8-16/h4-8,11-13H,14H2,1-3H3,(H,28,34)(H,29,35). The first-order chi connectivity index (χ1) is 16.6. The fourth-order valence-corrected chi connectivity index (χ4v) is 3.69. The van der Waals surface area contributed by atoms with E-state index in [1.165, 1.54) is 11.6 Å². The van der Waals surface area contributed by atoms with Crippen LogP contribution in [0.5, 0.6) is 0 Å². The van der Waals surface area contributed by atoms with Crippen LogP contribution < -0.4 is 15.5 Å². The van der Waals surface area contributed by atoms with Crippen molar-refractivity contribution in [3.05, 3.63) is 77.0 Å². The molecule has 0 spiro atoms. The van der Waals surface area contributed by atoms with Crippen LogP contribution in [-0.4, -0.2) is 33.2 Å². The molecule has 10 heteroatoms. The lowest BCUT2D eigenvalue weighted by Crippen LogP contribution is -2.65. The Kier molecular flexibility index (Phi) is 6.09. The lowest BCUT2D eigenvalue weighted by Gasteiger charge is -2.37. The molecule has 0 radical (unpaired) electrons.